The third-order valence-corrected chi connectivity index (χ3v) is 3.54. The van der Waals surface area contributed by atoms with Gasteiger partial charge < -0.3 is 10.8 Å². The van der Waals surface area contributed by atoms with Crippen molar-refractivity contribution in [3.63, 3.8) is 0 Å². The van der Waals surface area contributed by atoms with Crippen LogP contribution in [0.5, 0.6) is 0 Å². The number of fused-ring (bicyclic) bond motifs is 2. The molecular formula is C9H15NO2. The highest BCUT2D eigenvalue weighted by molar-refractivity contribution is 5.71. The minimum absolute atomic E-state index is 0.146. The molecule has 4 unspecified atom stereocenters. The summed E-state index contributed by atoms with van der Waals surface area (Å²) in [7, 11) is 0. The minimum Gasteiger partial charge on any atom is -0.481 e. The van der Waals surface area contributed by atoms with Gasteiger partial charge in [0.25, 0.3) is 0 Å². The Morgan fingerprint density at radius 1 is 1.42 bits per heavy atom. The number of carbonyl (C=O) groups is 1. The molecule has 0 radical (unpaired) electrons. The van der Waals surface area contributed by atoms with Crippen LogP contribution in [0.4, 0.5) is 0 Å². The normalized spacial score (nSPS) is 46.1. The Bertz CT molecular complexity index is 205. The molecule has 2 fully saturated rings. The van der Waals surface area contributed by atoms with E-state index in [1.807, 2.05) is 0 Å². The van der Waals surface area contributed by atoms with E-state index in [1.54, 1.807) is 0 Å². The van der Waals surface area contributed by atoms with E-state index in [9.17, 15) is 4.79 Å². The van der Waals surface area contributed by atoms with Crippen molar-refractivity contribution < 1.29 is 9.90 Å². The molecule has 2 aliphatic carbocycles. The number of hydrogen-bond donors (Lipinski definition) is 2. The molecule has 12 heavy (non-hydrogen) atoms. The fourth-order valence-electron chi connectivity index (χ4n) is 2.88. The average molecular weight is 169 g/mol. The van der Waals surface area contributed by atoms with Crippen molar-refractivity contribution in [2.45, 2.75) is 31.7 Å². The molecule has 0 aromatic heterocycles. The van der Waals surface area contributed by atoms with E-state index < -0.39 is 5.97 Å². The summed E-state index contributed by atoms with van der Waals surface area (Å²) in [6, 6.07) is 0.167. The molecule has 0 aromatic carbocycles. The maximum Gasteiger partial charge on any atom is 0.306 e. The number of aliphatic carboxylic acids is 1. The fourth-order valence-corrected chi connectivity index (χ4v) is 2.88. The second-order valence-corrected chi connectivity index (χ2v) is 4.11. The van der Waals surface area contributed by atoms with E-state index in [2.05, 4.69) is 0 Å². The molecule has 2 saturated carbocycles. The number of nitrogens with two attached hydrogens (primary N) is 1. The quantitative estimate of drug-likeness (QED) is 0.611. The zero-order valence-corrected chi connectivity index (χ0v) is 7.07. The second-order valence-electron chi connectivity index (χ2n) is 4.11. The summed E-state index contributed by atoms with van der Waals surface area (Å²) in [4.78, 5) is 10.8. The Morgan fingerprint density at radius 3 is 2.75 bits per heavy atom. The van der Waals surface area contributed by atoms with Crippen LogP contribution in [0, 0.1) is 17.8 Å². The molecule has 68 valence electrons. The summed E-state index contributed by atoms with van der Waals surface area (Å²) < 4.78 is 0. The largest absolute Gasteiger partial charge is 0.481 e. The van der Waals surface area contributed by atoms with Crippen molar-refractivity contribution in [2.24, 2.45) is 23.5 Å². The van der Waals surface area contributed by atoms with E-state index in [0.717, 1.165) is 19.3 Å². The molecule has 0 aliphatic heterocycles. The van der Waals surface area contributed by atoms with Crippen LogP contribution in [0.25, 0.3) is 0 Å². The fraction of sp³-hybridized carbons (Fsp3) is 0.889. The molecular weight excluding hydrogens is 154 g/mol. The van der Waals surface area contributed by atoms with E-state index in [1.165, 1.54) is 6.42 Å². The van der Waals surface area contributed by atoms with Gasteiger partial charge in [-0.2, -0.15) is 0 Å². The van der Waals surface area contributed by atoms with Gasteiger partial charge in [0.2, 0.25) is 0 Å². The van der Waals surface area contributed by atoms with Crippen LogP contribution in [0.3, 0.4) is 0 Å². The maximum atomic E-state index is 10.8. The van der Waals surface area contributed by atoms with E-state index >= 15 is 0 Å². The van der Waals surface area contributed by atoms with Crippen LogP contribution in [0.2, 0.25) is 0 Å². The molecule has 4 atom stereocenters. The highest BCUT2D eigenvalue weighted by Gasteiger charge is 2.46. The summed E-state index contributed by atoms with van der Waals surface area (Å²) in [5, 5.41) is 8.92. The van der Waals surface area contributed by atoms with Gasteiger partial charge in [0.05, 0.1) is 5.92 Å². The highest BCUT2D eigenvalue weighted by Crippen LogP contribution is 2.45. The smallest absolute Gasteiger partial charge is 0.306 e. The molecule has 0 heterocycles. The minimum atomic E-state index is -0.639. The van der Waals surface area contributed by atoms with Crippen molar-refractivity contribution in [2.75, 3.05) is 0 Å². The van der Waals surface area contributed by atoms with E-state index in [-0.39, 0.29) is 17.9 Å². The van der Waals surface area contributed by atoms with Crippen molar-refractivity contribution in [1.82, 2.24) is 0 Å². The first-order valence-electron chi connectivity index (χ1n) is 4.68. The van der Waals surface area contributed by atoms with Gasteiger partial charge in [-0.05, 0) is 31.1 Å². The monoisotopic (exact) mass is 169 g/mol. The molecule has 0 saturated heterocycles. The van der Waals surface area contributed by atoms with Crippen LogP contribution in [-0.2, 0) is 4.79 Å². The molecule has 3 N–H and O–H groups in total. The summed E-state index contributed by atoms with van der Waals surface area (Å²) in [5.41, 5.74) is 5.95. The summed E-state index contributed by atoms with van der Waals surface area (Å²) in [6.07, 6.45) is 4.16. The molecule has 3 heteroatoms. The van der Waals surface area contributed by atoms with Crippen LogP contribution < -0.4 is 5.73 Å². The molecule has 2 bridgehead atoms. The molecule has 0 aromatic rings. The van der Waals surface area contributed by atoms with Crippen LogP contribution >= 0.6 is 0 Å². The van der Waals surface area contributed by atoms with Crippen LogP contribution in [-0.4, -0.2) is 17.1 Å². The SMILES string of the molecule is NC1C2CCCC1C(C(=O)O)C2. The first kappa shape index (κ1) is 8.05. The van der Waals surface area contributed by atoms with E-state index in [0.29, 0.717) is 5.92 Å². The molecule has 0 spiro atoms. The zero-order valence-electron chi connectivity index (χ0n) is 7.07. The van der Waals surface area contributed by atoms with Crippen molar-refractivity contribution in [1.29, 1.82) is 0 Å². The molecule has 2 aliphatic rings. The Kier molecular flexibility index (Phi) is 1.83. The summed E-state index contributed by atoms with van der Waals surface area (Å²) >= 11 is 0. The van der Waals surface area contributed by atoms with Gasteiger partial charge >= 0.3 is 5.97 Å². The third kappa shape index (κ3) is 1.04. The predicted octanol–water partition coefficient (Wildman–Crippen LogP) is 0.834. The molecule has 3 nitrogen and oxygen atoms in total. The van der Waals surface area contributed by atoms with Gasteiger partial charge in [-0.1, -0.05) is 6.42 Å². The van der Waals surface area contributed by atoms with Gasteiger partial charge in [-0.15, -0.1) is 0 Å². The Hall–Kier alpha value is -0.570. The zero-order chi connectivity index (χ0) is 8.72. The van der Waals surface area contributed by atoms with Crippen LogP contribution in [0.1, 0.15) is 25.7 Å². The summed E-state index contributed by atoms with van der Waals surface area (Å²) in [6.45, 7) is 0. The standard InChI is InChI=1S/C9H15NO2/c10-8-5-2-1-3-6(8)7(4-5)9(11)12/h5-8H,1-4,10H2,(H,11,12). The van der Waals surface area contributed by atoms with Crippen molar-refractivity contribution in [3.8, 4) is 0 Å². The van der Waals surface area contributed by atoms with E-state index in [4.69, 9.17) is 10.8 Å². The topological polar surface area (TPSA) is 63.3 Å². The highest BCUT2D eigenvalue weighted by atomic mass is 16.4. The second kappa shape index (κ2) is 2.73. The number of carboxylic acids is 1. The van der Waals surface area contributed by atoms with Crippen LogP contribution in [0.15, 0.2) is 0 Å². The first-order valence-corrected chi connectivity index (χ1v) is 4.68. The number of hydrogen-bond acceptors (Lipinski definition) is 2. The lowest BCUT2D eigenvalue weighted by Crippen LogP contribution is -2.36. The summed E-state index contributed by atoms with van der Waals surface area (Å²) in [5.74, 6) is -0.0292. The van der Waals surface area contributed by atoms with Gasteiger partial charge in [0.15, 0.2) is 0 Å². The Morgan fingerprint density at radius 2 is 2.17 bits per heavy atom. The number of carboxylic acid groups (broad SMARTS) is 1. The number of rotatable bonds is 1. The average Bonchev–Trinajstić information content (AvgIpc) is 2.27. The molecule has 2 rings (SSSR count). The van der Waals surface area contributed by atoms with Crippen molar-refractivity contribution >= 4 is 5.97 Å². The van der Waals surface area contributed by atoms with Gasteiger partial charge in [0, 0.05) is 6.04 Å². The Labute approximate surface area is 71.9 Å². The van der Waals surface area contributed by atoms with Gasteiger partial charge in [-0.25, -0.2) is 0 Å². The predicted molar refractivity (Wildman–Crippen MR) is 44.5 cm³/mol. The van der Waals surface area contributed by atoms with Gasteiger partial charge in [-0.3, -0.25) is 4.79 Å². The third-order valence-electron chi connectivity index (χ3n) is 3.54. The van der Waals surface area contributed by atoms with Gasteiger partial charge in [0.1, 0.15) is 0 Å². The lowest BCUT2D eigenvalue weighted by molar-refractivity contribution is -0.143. The lowest BCUT2D eigenvalue weighted by atomic mass is 9.83. The Balaban J connectivity index is 2.16. The molecule has 0 amide bonds. The van der Waals surface area contributed by atoms with Crippen molar-refractivity contribution in [3.05, 3.63) is 0 Å². The lowest BCUT2D eigenvalue weighted by Gasteiger charge is -2.26. The first-order chi connectivity index (χ1) is 5.70. The maximum absolute atomic E-state index is 10.8.